The fraction of sp³-hybridized carbons (Fsp3) is 0.972. The molecule has 0 aromatic rings. The smallest absolute Gasteiger partial charge is 0.306 e. The molecule has 0 heterocycles. The Labute approximate surface area is 251 Å². The van der Waals surface area contributed by atoms with Crippen molar-refractivity contribution in [3.05, 3.63) is 0 Å². The lowest BCUT2D eigenvalue weighted by Gasteiger charge is -2.16. The van der Waals surface area contributed by atoms with E-state index in [2.05, 4.69) is 13.8 Å². The van der Waals surface area contributed by atoms with Gasteiger partial charge in [-0.05, 0) is 12.8 Å². The van der Waals surface area contributed by atoms with E-state index in [1.54, 1.807) is 0 Å². The first kappa shape index (κ1) is 39.4. The maximum atomic E-state index is 12.1. The predicted molar refractivity (Wildman–Crippen MR) is 173 cm³/mol. The van der Waals surface area contributed by atoms with Crippen LogP contribution in [0.25, 0.3) is 0 Å². The van der Waals surface area contributed by atoms with Gasteiger partial charge in [-0.2, -0.15) is 0 Å². The number of carbonyl (C=O) groups is 1. The summed E-state index contributed by atoms with van der Waals surface area (Å²) < 4.78 is 11.1. The molecular formula is C36H72O4. The third-order valence-corrected chi connectivity index (χ3v) is 8.18. The number of esters is 1. The van der Waals surface area contributed by atoms with E-state index in [0.29, 0.717) is 19.6 Å². The van der Waals surface area contributed by atoms with E-state index in [1.807, 2.05) is 0 Å². The predicted octanol–water partition coefficient (Wildman–Crippen LogP) is 11.3. The van der Waals surface area contributed by atoms with Crippen molar-refractivity contribution in [1.29, 1.82) is 0 Å². The third-order valence-electron chi connectivity index (χ3n) is 8.18. The molecule has 0 aliphatic carbocycles. The van der Waals surface area contributed by atoms with Crippen molar-refractivity contribution < 1.29 is 19.4 Å². The van der Waals surface area contributed by atoms with Gasteiger partial charge in [0.05, 0.1) is 13.2 Å². The van der Waals surface area contributed by atoms with Gasteiger partial charge in [0, 0.05) is 13.0 Å². The molecule has 4 nitrogen and oxygen atoms in total. The topological polar surface area (TPSA) is 55.8 Å². The van der Waals surface area contributed by atoms with E-state index in [0.717, 1.165) is 19.3 Å². The molecule has 0 amide bonds. The highest BCUT2D eigenvalue weighted by molar-refractivity contribution is 5.69. The van der Waals surface area contributed by atoms with E-state index in [4.69, 9.17) is 9.47 Å². The number of unbranched alkanes of at least 4 members (excludes halogenated alkanes) is 26. The van der Waals surface area contributed by atoms with Crippen LogP contribution in [0.1, 0.15) is 200 Å². The van der Waals surface area contributed by atoms with Crippen molar-refractivity contribution >= 4 is 5.97 Å². The van der Waals surface area contributed by atoms with Gasteiger partial charge in [0.25, 0.3) is 0 Å². The van der Waals surface area contributed by atoms with Crippen LogP contribution in [-0.4, -0.2) is 37.0 Å². The van der Waals surface area contributed by atoms with Crippen LogP contribution in [0.4, 0.5) is 0 Å². The molecule has 0 rings (SSSR count). The summed E-state index contributed by atoms with van der Waals surface area (Å²) in [5.41, 5.74) is 0. The first-order valence-electron chi connectivity index (χ1n) is 18.1. The molecule has 1 N–H and O–H groups in total. The first-order valence-corrected chi connectivity index (χ1v) is 18.1. The number of hydrogen-bond acceptors (Lipinski definition) is 4. The Hall–Kier alpha value is -0.610. The standard InChI is InChI=1S/C36H72O4/c1-3-5-7-9-11-13-14-15-16-17-18-19-20-21-22-23-24-25-27-29-31-36(38)40-35(33-37)34-39-32-30-28-26-12-10-8-6-4-2/h35,37H,3-34H2,1-2H3. The van der Waals surface area contributed by atoms with E-state index in [-0.39, 0.29) is 12.6 Å². The van der Waals surface area contributed by atoms with Gasteiger partial charge in [0.2, 0.25) is 0 Å². The van der Waals surface area contributed by atoms with E-state index >= 15 is 0 Å². The van der Waals surface area contributed by atoms with Crippen molar-refractivity contribution in [2.45, 2.75) is 206 Å². The Morgan fingerprint density at radius 1 is 0.500 bits per heavy atom. The Morgan fingerprint density at radius 2 is 0.825 bits per heavy atom. The quantitative estimate of drug-likeness (QED) is 0.0619. The second kappa shape index (κ2) is 34.6. The highest BCUT2D eigenvalue weighted by Crippen LogP contribution is 2.15. The minimum atomic E-state index is -0.522. The van der Waals surface area contributed by atoms with Crippen LogP contribution < -0.4 is 0 Å². The number of aliphatic hydroxyl groups excluding tert-OH is 1. The Morgan fingerprint density at radius 3 is 1.18 bits per heavy atom. The molecule has 0 bridgehead atoms. The van der Waals surface area contributed by atoms with Gasteiger partial charge < -0.3 is 14.6 Å². The van der Waals surface area contributed by atoms with Crippen molar-refractivity contribution in [2.24, 2.45) is 0 Å². The zero-order valence-electron chi connectivity index (χ0n) is 27.4. The summed E-state index contributed by atoms with van der Waals surface area (Å²) in [6.45, 7) is 5.36. The van der Waals surface area contributed by atoms with Crippen LogP contribution in [0.5, 0.6) is 0 Å². The average molecular weight is 569 g/mol. The molecule has 0 saturated heterocycles. The number of carbonyl (C=O) groups excluding carboxylic acids is 1. The van der Waals surface area contributed by atoms with Gasteiger partial charge in [0.1, 0.15) is 6.10 Å². The molecule has 0 radical (unpaired) electrons. The minimum absolute atomic E-state index is 0.164. The highest BCUT2D eigenvalue weighted by Gasteiger charge is 2.13. The lowest BCUT2D eigenvalue weighted by atomic mass is 10.0. The number of aliphatic hydroxyl groups is 1. The van der Waals surface area contributed by atoms with Gasteiger partial charge in [-0.1, -0.05) is 181 Å². The largest absolute Gasteiger partial charge is 0.457 e. The van der Waals surface area contributed by atoms with Crippen LogP contribution in [0.15, 0.2) is 0 Å². The molecule has 240 valence electrons. The molecule has 0 aromatic heterocycles. The number of ether oxygens (including phenoxy) is 2. The molecule has 0 spiro atoms. The van der Waals surface area contributed by atoms with Crippen LogP contribution in [-0.2, 0) is 14.3 Å². The average Bonchev–Trinajstić information content (AvgIpc) is 2.96. The van der Waals surface area contributed by atoms with Gasteiger partial charge >= 0.3 is 5.97 Å². The third kappa shape index (κ3) is 31.9. The van der Waals surface area contributed by atoms with E-state index < -0.39 is 6.10 Å². The Bertz CT molecular complexity index is 481. The molecule has 0 fully saturated rings. The monoisotopic (exact) mass is 569 g/mol. The van der Waals surface area contributed by atoms with Crippen molar-refractivity contribution in [3.63, 3.8) is 0 Å². The van der Waals surface area contributed by atoms with Crippen LogP contribution >= 0.6 is 0 Å². The number of rotatable bonds is 34. The molecule has 0 saturated carbocycles. The molecule has 0 aliphatic heterocycles. The lowest BCUT2D eigenvalue weighted by molar-refractivity contribution is -0.154. The zero-order valence-corrected chi connectivity index (χ0v) is 27.4. The molecule has 0 aliphatic rings. The van der Waals surface area contributed by atoms with Crippen LogP contribution in [0.3, 0.4) is 0 Å². The number of hydrogen-bond donors (Lipinski definition) is 1. The van der Waals surface area contributed by atoms with Crippen LogP contribution in [0, 0.1) is 0 Å². The Kier molecular flexibility index (Phi) is 34.1. The van der Waals surface area contributed by atoms with Gasteiger partial charge in [0.15, 0.2) is 0 Å². The highest BCUT2D eigenvalue weighted by atomic mass is 16.6. The van der Waals surface area contributed by atoms with E-state index in [9.17, 15) is 9.90 Å². The summed E-state index contributed by atoms with van der Waals surface area (Å²) in [4.78, 5) is 12.1. The normalized spacial score (nSPS) is 12.2. The maximum Gasteiger partial charge on any atom is 0.306 e. The van der Waals surface area contributed by atoms with Crippen molar-refractivity contribution in [2.75, 3.05) is 19.8 Å². The minimum Gasteiger partial charge on any atom is -0.457 e. The van der Waals surface area contributed by atoms with Gasteiger partial charge in [-0.3, -0.25) is 4.79 Å². The summed E-state index contributed by atoms with van der Waals surface area (Å²) in [6, 6.07) is 0. The molecule has 4 heteroatoms. The van der Waals surface area contributed by atoms with Gasteiger partial charge in [-0.15, -0.1) is 0 Å². The maximum absolute atomic E-state index is 12.1. The SMILES string of the molecule is CCCCCCCCCCCCCCCCCCCCCCC(=O)OC(CO)COCCCCCCCCCC. The van der Waals surface area contributed by atoms with Gasteiger partial charge in [-0.25, -0.2) is 0 Å². The first-order chi connectivity index (χ1) is 19.7. The molecule has 40 heavy (non-hydrogen) atoms. The fourth-order valence-electron chi connectivity index (χ4n) is 5.45. The molecule has 1 atom stereocenters. The van der Waals surface area contributed by atoms with Crippen molar-refractivity contribution in [3.8, 4) is 0 Å². The fourth-order valence-corrected chi connectivity index (χ4v) is 5.45. The summed E-state index contributed by atoms with van der Waals surface area (Å²) in [6.07, 6.45) is 37.2. The second-order valence-corrected chi connectivity index (χ2v) is 12.3. The van der Waals surface area contributed by atoms with Crippen LogP contribution in [0.2, 0.25) is 0 Å². The molecule has 1 unspecified atom stereocenters. The summed E-state index contributed by atoms with van der Waals surface area (Å²) >= 11 is 0. The summed E-state index contributed by atoms with van der Waals surface area (Å²) in [5.74, 6) is -0.197. The Balaban J connectivity index is 3.34. The molecule has 0 aromatic carbocycles. The zero-order chi connectivity index (χ0) is 29.2. The summed E-state index contributed by atoms with van der Waals surface area (Å²) in [7, 11) is 0. The van der Waals surface area contributed by atoms with E-state index in [1.165, 1.54) is 161 Å². The molecular weight excluding hydrogens is 496 g/mol. The second-order valence-electron chi connectivity index (χ2n) is 12.3. The lowest BCUT2D eigenvalue weighted by Crippen LogP contribution is -2.27. The summed E-state index contributed by atoms with van der Waals surface area (Å²) in [5, 5.41) is 9.50. The van der Waals surface area contributed by atoms with Crippen molar-refractivity contribution in [1.82, 2.24) is 0 Å².